The molecule has 1 nitrogen and oxygen atoms in total. The smallest absolute Gasteiger partial charge is 0.422 e. The third kappa shape index (κ3) is 5.86. The van der Waals surface area contributed by atoms with E-state index in [4.69, 9.17) is 4.74 Å². The molecule has 3 aromatic carbocycles. The Labute approximate surface area is 185 Å². The summed E-state index contributed by atoms with van der Waals surface area (Å²) in [6.45, 7) is 2.46. The molecular formula is C25H17F7O. The molecule has 0 fully saturated rings. The largest absolute Gasteiger partial charge is 0.493 e. The van der Waals surface area contributed by atoms with Gasteiger partial charge in [-0.1, -0.05) is 31.3 Å². The van der Waals surface area contributed by atoms with Crippen molar-refractivity contribution < 1.29 is 35.5 Å². The first-order chi connectivity index (χ1) is 15.6. The molecule has 8 heteroatoms. The summed E-state index contributed by atoms with van der Waals surface area (Å²) in [5.41, 5.74) is -2.58. The number of unbranched alkanes of at least 4 members (excludes halogenated alkanes) is 1. The zero-order chi connectivity index (χ0) is 24.2. The predicted molar refractivity (Wildman–Crippen MR) is 110 cm³/mol. The van der Waals surface area contributed by atoms with E-state index in [-0.39, 0.29) is 16.7 Å². The van der Waals surface area contributed by atoms with Crippen LogP contribution in [0, 0.1) is 35.1 Å². The van der Waals surface area contributed by atoms with E-state index in [1.165, 1.54) is 18.2 Å². The molecule has 0 bridgehead atoms. The van der Waals surface area contributed by atoms with Gasteiger partial charge in [-0.25, -0.2) is 17.6 Å². The maximum absolute atomic E-state index is 14.5. The van der Waals surface area contributed by atoms with E-state index in [2.05, 4.69) is 11.8 Å². The molecule has 0 radical (unpaired) electrons. The lowest BCUT2D eigenvalue weighted by molar-refractivity contribution is -0.142. The van der Waals surface area contributed by atoms with Crippen LogP contribution in [0.5, 0.6) is 5.75 Å². The fourth-order valence-corrected chi connectivity index (χ4v) is 2.99. The zero-order valence-electron chi connectivity index (χ0n) is 17.3. The Balaban J connectivity index is 1.84. The van der Waals surface area contributed by atoms with Crippen LogP contribution in [0.3, 0.4) is 0 Å². The van der Waals surface area contributed by atoms with Crippen molar-refractivity contribution in [3.05, 3.63) is 88.5 Å². The summed E-state index contributed by atoms with van der Waals surface area (Å²) in [5.74, 6) is 0.220. The minimum atomic E-state index is -5.22. The Morgan fingerprint density at radius 2 is 1.48 bits per heavy atom. The van der Waals surface area contributed by atoms with Gasteiger partial charge in [0, 0.05) is 17.2 Å². The molecule has 0 aliphatic rings. The third-order valence-electron chi connectivity index (χ3n) is 4.65. The van der Waals surface area contributed by atoms with Crippen molar-refractivity contribution in [2.45, 2.75) is 25.9 Å². The van der Waals surface area contributed by atoms with Crippen molar-refractivity contribution in [3.8, 4) is 28.7 Å². The lowest BCUT2D eigenvalue weighted by atomic mass is 10.0. The van der Waals surface area contributed by atoms with E-state index in [9.17, 15) is 30.7 Å². The summed E-state index contributed by atoms with van der Waals surface area (Å²) in [5, 5.41) is 0. The Hall–Kier alpha value is -3.47. The van der Waals surface area contributed by atoms with Gasteiger partial charge in [-0.2, -0.15) is 13.2 Å². The molecule has 3 rings (SSSR count). The Kier molecular flexibility index (Phi) is 7.32. The van der Waals surface area contributed by atoms with Crippen molar-refractivity contribution in [3.63, 3.8) is 0 Å². The maximum atomic E-state index is 14.5. The monoisotopic (exact) mass is 466 g/mol. The molecule has 172 valence electrons. The van der Waals surface area contributed by atoms with Crippen molar-refractivity contribution in [1.29, 1.82) is 0 Å². The molecule has 0 heterocycles. The number of benzene rings is 3. The summed E-state index contributed by atoms with van der Waals surface area (Å²) in [4.78, 5) is 0. The highest BCUT2D eigenvalue weighted by Crippen LogP contribution is 2.36. The van der Waals surface area contributed by atoms with Gasteiger partial charge in [0.25, 0.3) is 0 Å². The summed E-state index contributed by atoms with van der Waals surface area (Å²) in [6.07, 6.45) is -3.46. The molecule has 3 aromatic rings. The summed E-state index contributed by atoms with van der Waals surface area (Å²) in [6, 6.07) is 8.36. The fourth-order valence-electron chi connectivity index (χ4n) is 2.99. The molecule has 0 aromatic heterocycles. The van der Waals surface area contributed by atoms with Gasteiger partial charge in [0.05, 0.1) is 12.2 Å². The Morgan fingerprint density at radius 3 is 2.06 bits per heavy atom. The van der Waals surface area contributed by atoms with E-state index in [0.717, 1.165) is 25.0 Å². The van der Waals surface area contributed by atoms with E-state index >= 15 is 0 Å². The van der Waals surface area contributed by atoms with Gasteiger partial charge in [0.1, 0.15) is 34.6 Å². The molecule has 0 N–H and O–H groups in total. The minimum absolute atomic E-state index is 0.0502. The second kappa shape index (κ2) is 9.99. The van der Waals surface area contributed by atoms with E-state index in [0.29, 0.717) is 24.5 Å². The molecule has 0 unspecified atom stereocenters. The second-order valence-electron chi connectivity index (χ2n) is 7.10. The van der Waals surface area contributed by atoms with Gasteiger partial charge < -0.3 is 4.74 Å². The van der Waals surface area contributed by atoms with Crippen molar-refractivity contribution in [2.24, 2.45) is 0 Å². The highest BCUT2D eigenvalue weighted by atomic mass is 19.4. The number of halogens is 7. The topological polar surface area (TPSA) is 9.23 Å². The predicted octanol–water partition coefficient (Wildman–Crippen LogP) is 7.51. The average molecular weight is 466 g/mol. The Morgan fingerprint density at radius 1 is 0.788 bits per heavy atom. The van der Waals surface area contributed by atoms with Crippen molar-refractivity contribution in [2.75, 3.05) is 6.61 Å². The van der Waals surface area contributed by atoms with Crippen molar-refractivity contribution >= 4 is 0 Å². The number of rotatable bonds is 5. The molecule has 33 heavy (non-hydrogen) atoms. The Bertz CT molecular complexity index is 1200. The summed E-state index contributed by atoms with van der Waals surface area (Å²) in [7, 11) is 0. The van der Waals surface area contributed by atoms with E-state index < -0.39 is 40.6 Å². The second-order valence-corrected chi connectivity index (χ2v) is 7.10. The van der Waals surface area contributed by atoms with Crippen LogP contribution in [-0.2, 0) is 6.18 Å². The number of ether oxygens (including phenoxy) is 1. The molecule has 0 aliphatic carbocycles. The first-order valence-electron chi connectivity index (χ1n) is 9.90. The van der Waals surface area contributed by atoms with Gasteiger partial charge in [0.2, 0.25) is 0 Å². The van der Waals surface area contributed by atoms with Crippen LogP contribution in [0.4, 0.5) is 30.7 Å². The quantitative estimate of drug-likeness (QED) is 0.215. The lowest BCUT2D eigenvalue weighted by Crippen LogP contribution is -2.11. The summed E-state index contributed by atoms with van der Waals surface area (Å²) >= 11 is 0. The highest BCUT2D eigenvalue weighted by Gasteiger charge is 2.38. The number of alkyl halides is 3. The standard InChI is InChI=1S/C25H17F7O/c1-2-3-10-33-18-8-7-16(20(26)14-18)6-4-15-5-9-19(21(27)11-15)17-12-22(28)24(23(29)13-17)25(30,31)32/h5,7-9,11-14H,2-3,10H2,1H3. The van der Waals surface area contributed by atoms with Gasteiger partial charge in [0.15, 0.2) is 0 Å². The average Bonchev–Trinajstić information content (AvgIpc) is 2.72. The molecule has 0 aliphatic heterocycles. The van der Waals surface area contributed by atoms with E-state index in [1.54, 1.807) is 6.07 Å². The fraction of sp³-hybridized carbons (Fsp3) is 0.200. The number of hydrogen-bond donors (Lipinski definition) is 0. The molecule has 0 amide bonds. The molecule has 0 atom stereocenters. The molecular weight excluding hydrogens is 449 g/mol. The number of hydrogen-bond acceptors (Lipinski definition) is 1. The van der Waals surface area contributed by atoms with Gasteiger partial charge in [-0.05, 0) is 48.4 Å². The van der Waals surface area contributed by atoms with Gasteiger partial charge in [-0.15, -0.1) is 0 Å². The third-order valence-corrected chi connectivity index (χ3v) is 4.65. The first-order valence-corrected chi connectivity index (χ1v) is 9.90. The zero-order valence-corrected chi connectivity index (χ0v) is 17.3. The first kappa shape index (κ1) is 24.2. The van der Waals surface area contributed by atoms with Crippen LogP contribution < -0.4 is 4.74 Å². The van der Waals surface area contributed by atoms with Crippen LogP contribution in [0.2, 0.25) is 0 Å². The maximum Gasteiger partial charge on any atom is 0.422 e. The van der Waals surface area contributed by atoms with Crippen LogP contribution in [0.25, 0.3) is 11.1 Å². The van der Waals surface area contributed by atoms with Gasteiger partial charge in [-0.3, -0.25) is 0 Å². The molecule has 0 saturated heterocycles. The summed E-state index contributed by atoms with van der Waals surface area (Å²) < 4.78 is 99.9. The van der Waals surface area contributed by atoms with Crippen LogP contribution in [0.1, 0.15) is 36.5 Å². The molecule has 0 spiro atoms. The van der Waals surface area contributed by atoms with Crippen LogP contribution in [-0.4, -0.2) is 6.61 Å². The van der Waals surface area contributed by atoms with Crippen molar-refractivity contribution in [1.82, 2.24) is 0 Å². The van der Waals surface area contributed by atoms with Crippen LogP contribution >= 0.6 is 0 Å². The van der Waals surface area contributed by atoms with Crippen LogP contribution in [0.15, 0.2) is 48.5 Å². The van der Waals surface area contributed by atoms with E-state index in [1.807, 2.05) is 6.92 Å². The highest BCUT2D eigenvalue weighted by molar-refractivity contribution is 5.66. The lowest BCUT2D eigenvalue weighted by Gasteiger charge is -2.11. The van der Waals surface area contributed by atoms with Gasteiger partial charge >= 0.3 is 6.18 Å². The normalized spacial score (nSPS) is 11.2. The SMILES string of the molecule is CCCCOc1ccc(C#Cc2ccc(-c3cc(F)c(C(F)(F)F)c(F)c3)c(F)c2)c(F)c1. The molecule has 0 saturated carbocycles. The minimum Gasteiger partial charge on any atom is -0.493 e.